The molecule has 5 heteroatoms. The van der Waals surface area contributed by atoms with Crippen molar-refractivity contribution in [3.05, 3.63) is 29.6 Å². The van der Waals surface area contributed by atoms with Gasteiger partial charge < -0.3 is 0 Å². The highest BCUT2D eigenvalue weighted by molar-refractivity contribution is 6.05. The maximum absolute atomic E-state index is 11.1. The lowest BCUT2D eigenvalue weighted by atomic mass is 10.1. The van der Waals surface area contributed by atoms with Gasteiger partial charge in [0.25, 0.3) is 5.91 Å². The van der Waals surface area contributed by atoms with Gasteiger partial charge in [0.1, 0.15) is 5.69 Å². The Morgan fingerprint density at radius 3 is 2.77 bits per heavy atom. The molecule has 0 saturated carbocycles. The lowest BCUT2D eigenvalue weighted by molar-refractivity contribution is 0.0936. The van der Waals surface area contributed by atoms with Crippen molar-refractivity contribution in [2.75, 3.05) is 0 Å². The molecule has 0 aliphatic heterocycles. The number of nitrogens with one attached hydrogen (secondary N) is 1. The van der Waals surface area contributed by atoms with Gasteiger partial charge in [-0.25, -0.2) is 5.84 Å². The van der Waals surface area contributed by atoms with Gasteiger partial charge in [0.05, 0.1) is 5.56 Å². The predicted octanol–water partition coefficient (Wildman–Crippen LogP) is -0.112. The number of hydrogen-bond acceptors (Lipinski definition) is 4. The SMILES string of the molecule is CC(=O)c1ncccc1C(=O)NN. The van der Waals surface area contributed by atoms with E-state index in [1.165, 1.54) is 19.2 Å². The van der Waals surface area contributed by atoms with Crippen LogP contribution in [0.25, 0.3) is 0 Å². The van der Waals surface area contributed by atoms with Gasteiger partial charge in [-0.1, -0.05) is 0 Å². The minimum absolute atomic E-state index is 0.130. The van der Waals surface area contributed by atoms with Gasteiger partial charge >= 0.3 is 0 Å². The Hall–Kier alpha value is -1.75. The molecule has 0 radical (unpaired) electrons. The maximum Gasteiger partial charge on any atom is 0.267 e. The van der Waals surface area contributed by atoms with Crippen molar-refractivity contribution in [1.82, 2.24) is 10.4 Å². The molecule has 0 bridgehead atoms. The van der Waals surface area contributed by atoms with Gasteiger partial charge in [0.15, 0.2) is 5.78 Å². The average molecular weight is 179 g/mol. The summed E-state index contributed by atoms with van der Waals surface area (Å²) in [5, 5.41) is 0. The van der Waals surface area contributed by atoms with Crippen molar-refractivity contribution in [3.63, 3.8) is 0 Å². The first-order valence-corrected chi connectivity index (χ1v) is 3.63. The van der Waals surface area contributed by atoms with E-state index in [0.29, 0.717) is 0 Å². The molecule has 3 N–H and O–H groups in total. The Kier molecular flexibility index (Phi) is 2.71. The number of rotatable bonds is 2. The molecule has 0 atom stereocenters. The number of carbonyl (C=O) groups is 2. The normalized spacial score (nSPS) is 9.38. The van der Waals surface area contributed by atoms with Crippen LogP contribution in [0.1, 0.15) is 27.8 Å². The largest absolute Gasteiger partial charge is 0.293 e. The Bertz CT molecular complexity index is 349. The molecule has 0 aliphatic carbocycles. The van der Waals surface area contributed by atoms with Crippen molar-refractivity contribution in [1.29, 1.82) is 0 Å². The molecule has 0 aliphatic rings. The van der Waals surface area contributed by atoms with Crippen LogP contribution in [0.4, 0.5) is 0 Å². The van der Waals surface area contributed by atoms with E-state index in [2.05, 4.69) is 4.98 Å². The topological polar surface area (TPSA) is 85.1 Å². The van der Waals surface area contributed by atoms with Crippen LogP contribution < -0.4 is 11.3 Å². The minimum atomic E-state index is -0.515. The Balaban J connectivity index is 3.19. The molecule has 0 unspecified atom stereocenters. The first kappa shape index (κ1) is 9.34. The standard InChI is InChI=1S/C8H9N3O2/c1-5(12)7-6(8(13)11-9)3-2-4-10-7/h2-4H,9H2,1H3,(H,11,13). The predicted molar refractivity (Wildman–Crippen MR) is 45.9 cm³/mol. The number of nitrogens with zero attached hydrogens (tertiary/aromatic N) is 1. The number of Topliss-reactive ketones (excluding diaryl/α,β-unsaturated/α-hetero) is 1. The summed E-state index contributed by atoms with van der Waals surface area (Å²) >= 11 is 0. The fourth-order valence-electron chi connectivity index (χ4n) is 0.947. The van der Waals surface area contributed by atoms with Gasteiger partial charge in [-0.2, -0.15) is 0 Å². The van der Waals surface area contributed by atoms with E-state index in [-0.39, 0.29) is 17.0 Å². The summed E-state index contributed by atoms with van der Waals surface area (Å²) in [5.74, 6) is 4.15. The van der Waals surface area contributed by atoms with Crippen molar-refractivity contribution in [3.8, 4) is 0 Å². The van der Waals surface area contributed by atoms with E-state index in [9.17, 15) is 9.59 Å². The van der Waals surface area contributed by atoms with Crippen LogP contribution in [-0.4, -0.2) is 16.7 Å². The molecule has 68 valence electrons. The highest BCUT2D eigenvalue weighted by Gasteiger charge is 2.13. The number of carbonyl (C=O) groups excluding carboxylic acids is 2. The summed E-state index contributed by atoms with van der Waals surface area (Å²) in [4.78, 5) is 25.9. The lowest BCUT2D eigenvalue weighted by Crippen LogP contribution is -2.31. The van der Waals surface area contributed by atoms with Gasteiger partial charge in [-0.15, -0.1) is 0 Å². The lowest BCUT2D eigenvalue weighted by Gasteiger charge is -2.02. The molecule has 1 amide bonds. The van der Waals surface area contributed by atoms with E-state index < -0.39 is 5.91 Å². The van der Waals surface area contributed by atoms with E-state index in [0.717, 1.165) is 0 Å². The molecule has 0 saturated heterocycles. The Morgan fingerprint density at radius 1 is 1.54 bits per heavy atom. The van der Waals surface area contributed by atoms with Crippen LogP contribution in [0.15, 0.2) is 18.3 Å². The van der Waals surface area contributed by atoms with Crippen LogP contribution in [0.3, 0.4) is 0 Å². The van der Waals surface area contributed by atoms with Gasteiger partial charge in [0, 0.05) is 13.1 Å². The van der Waals surface area contributed by atoms with E-state index in [4.69, 9.17) is 5.84 Å². The molecular formula is C8H9N3O2. The van der Waals surface area contributed by atoms with E-state index >= 15 is 0 Å². The van der Waals surface area contributed by atoms with Crippen molar-refractivity contribution in [2.45, 2.75) is 6.92 Å². The fourth-order valence-corrected chi connectivity index (χ4v) is 0.947. The third kappa shape index (κ3) is 1.88. The quantitative estimate of drug-likeness (QED) is 0.287. The average Bonchev–Trinajstić information content (AvgIpc) is 2.16. The molecule has 1 heterocycles. The zero-order valence-corrected chi connectivity index (χ0v) is 7.07. The molecule has 0 aromatic carbocycles. The monoisotopic (exact) mass is 179 g/mol. The van der Waals surface area contributed by atoms with Crippen LogP contribution in [-0.2, 0) is 0 Å². The third-order valence-corrected chi connectivity index (χ3v) is 1.52. The van der Waals surface area contributed by atoms with Gasteiger partial charge in [-0.3, -0.25) is 20.0 Å². The summed E-state index contributed by atoms with van der Waals surface area (Å²) in [6.07, 6.45) is 1.45. The summed E-state index contributed by atoms with van der Waals surface area (Å²) < 4.78 is 0. The van der Waals surface area contributed by atoms with Crippen molar-refractivity contribution < 1.29 is 9.59 Å². The van der Waals surface area contributed by atoms with Gasteiger partial charge in [-0.05, 0) is 12.1 Å². The molecule has 1 rings (SSSR count). The fraction of sp³-hybridized carbons (Fsp3) is 0.125. The van der Waals surface area contributed by atoms with Crippen molar-refractivity contribution >= 4 is 11.7 Å². The summed E-state index contributed by atoms with van der Waals surface area (Å²) in [6.45, 7) is 1.34. The summed E-state index contributed by atoms with van der Waals surface area (Å²) in [5.41, 5.74) is 2.27. The molecule has 13 heavy (non-hydrogen) atoms. The second-order valence-corrected chi connectivity index (χ2v) is 2.43. The minimum Gasteiger partial charge on any atom is -0.293 e. The van der Waals surface area contributed by atoms with Gasteiger partial charge in [0.2, 0.25) is 0 Å². The highest BCUT2D eigenvalue weighted by Crippen LogP contribution is 2.05. The molecular weight excluding hydrogens is 170 g/mol. The van der Waals surface area contributed by atoms with Crippen molar-refractivity contribution in [2.24, 2.45) is 5.84 Å². The molecule has 5 nitrogen and oxygen atoms in total. The number of ketones is 1. The number of aromatic nitrogens is 1. The highest BCUT2D eigenvalue weighted by atomic mass is 16.2. The molecule has 1 aromatic heterocycles. The number of pyridine rings is 1. The second kappa shape index (κ2) is 3.77. The first-order valence-electron chi connectivity index (χ1n) is 3.63. The van der Waals surface area contributed by atoms with E-state index in [1.54, 1.807) is 6.07 Å². The number of hydrogen-bond donors (Lipinski definition) is 2. The molecule has 0 fully saturated rings. The first-order chi connectivity index (χ1) is 6.16. The maximum atomic E-state index is 11.1. The zero-order valence-electron chi connectivity index (χ0n) is 7.07. The third-order valence-electron chi connectivity index (χ3n) is 1.52. The number of nitrogens with two attached hydrogens (primary N) is 1. The Morgan fingerprint density at radius 2 is 2.23 bits per heavy atom. The van der Waals surface area contributed by atoms with E-state index in [1.807, 2.05) is 5.43 Å². The summed E-state index contributed by atoms with van der Waals surface area (Å²) in [6, 6.07) is 3.06. The smallest absolute Gasteiger partial charge is 0.267 e. The number of hydrazine groups is 1. The summed E-state index contributed by atoms with van der Waals surface area (Å²) in [7, 11) is 0. The number of nitrogen functional groups attached to an aromatic ring is 1. The molecule has 0 spiro atoms. The molecule has 1 aromatic rings. The van der Waals surface area contributed by atoms with Crippen LogP contribution >= 0.6 is 0 Å². The zero-order chi connectivity index (χ0) is 9.84. The van der Waals surface area contributed by atoms with Crippen LogP contribution in [0.5, 0.6) is 0 Å². The number of amides is 1. The van der Waals surface area contributed by atoms with Crippen LogP contribution in [0.2, 0.25) is 0 Å². The van der Waals surface area contributed by atoms with Crippen LogP contribution in [0, 0.1) is 0 Å². The Labute approximate surface area is 74.9 Å². The second-order valence-electron chi connectivity index (χ2n) is 2.43.